The zero-order valence-corrected chi connectivity index (χ0v) is 14.9. The number of aliphatic hydroxyl groups excluding tert-OH is 1. The molecule has 27 heavy (non-hydrogen) atoms. The van der Waals surface area contributed by atoms with Crippen LogP contribution in [0.25, 0.3) is 0 Å². The number of rotatable bonds is 4. The molecule has 0 radical (unpaired) electrons. The Labute approximate surface area is 155 Å². The maximum atomic E-state index is 14.2. The number of benzene rings is 1. The van der Waals surface area contributed by atoms with Crippen LogP contribution in [0.15, 0.2) is 30.5 Å². The van der Waals surface area contributed by atoms with Gasteiger partial charge in [-0.25, -0.2) is 4.39 Å². The van der Waals surface area contributed by atoms with Crippen LogP contribution in [0.4, 0.5) is 23.2 Å². The molecule has 150 valence electrons. The fraction of sp³-hybridized carbons (Fsp3) is 0.579. The van der Waals surface area contributed by atoms with Crippen LogP contribution >= 0.6 is 0 Å². The van der Waals surface area contributed by atoms with E-state index in [0.29, 0.717) is 39.0 Å². The minimum Gasteiger partial charge on any atom is -0.513 e. The molecule has 0 amide bonds. The van der Waals surface area contributed by atoms with Gasteiger partial charge in [-0.15, -0.1) is 13.2 Å². The van der Waals surface area contributed by atoms with Gasteiger partial charge >= 0.3 is 6.36 Å². The highest BCUT2D eigenvalue weighted by Gasteiger charge is 2.40. The number of halogens is 4. The van der Waals surface area contributed by atoms with Crippen molar-refractivity contribution < 1.29 is 32.1 Å². The van der Waals surface area contributed by atoms with Gasteiger partial charge in [0.05, 0.1) is 23.7 Å². The Hall–Kier alpha value is -1.96. The van der Waals surface area contributed by atoms with E-state index in [1.165, 1.54) is 0 Å². The summed E-state index contributed by atoms with van der Waals surface area (Å²) in [7, 11) is 0. The molecule has 2 aliphatic heterocycles. The van der Waals surface area contributed by atoms with E-state index in [0.717, 1.165) is 31.0 Å². The number of allylic oxidation sites excluding steroid dienone is 1. The molecule has 1 aromatic rings. The van der Waals surface area contributed by atoms with Crippen molar-refractivity contribution in [3.8, 4) is 5.75 Å². The summed E-state index contributed by atoms with van der Waals surface area (Å²) in [6.45, 7) is 5.04. The molecule has 1 atom stereocenters. The Morgan fingerprint density at radius 1 is 1.30 bits per heavy atom. The van der Waals surface area contributed by atoms with Gasteiger partial charge in [-0.3, -0.25) is 0 Å². The molecule has 2 heterocycles. The second kappa shape index (κ2) is 7.58. The Bertz CT molecular complexity index is 674. The number of piperidine rings is 1. The van der Waals surface area contributed by atoms with Gasteiger partial charge in [-0.2, -0.15) is 0 Å². The smallest absolute Gasteiger partial charge is 0.513 e. The number of ether oxygens (including phenoxy) is 2. The molecule has 0 aromatic heterocycles. The van der Waals surface area contributed by atoms with Crippen LogP contribution in [0.5, 0.6) is 5.75 Å². The predicted octanol–water partition coefficient (Wildman–Crippen LogP) is 4.95. The highest BCUT2D eigenvalue weighted by molar-refractivity contribution is 5.52. The summed E-state index contributed by atoms with van der Waals surface area (Å²) < 4.78 is 61.3. The summed E-state index contributed by atoms with van der Waals surface area (Å²) in [5.41, 5.74) is -0.169. The highest BCUT2D eigenvalue weighted by Crippen LogP contribution is 2.40. The molecule has 1 N–H and O–H groups in total. The van der Waals surface area contributed by atoms with Gasteiger partial charge in [-0.05, 0) is 43.7 Å². The number of hydrogen-bond donors (Lipinski definition) is 1. The minimum absolute atomic E-state index is 0.108. The fourth-order valence-electron chi connectivity index (χ4n) is 3.89. The van der Waals surface area contributed by atoms with Crippen LogP contribution < -0.4 is 9.64 Å². The van der Waals surface area contributed by atoms with Crippen LogP contribution in [-0.4, -0.2) is 36.8 Å². The normalized spacial score (nSPS) is 22.7. The third-order valence-electron chi connectivity index (χ3n) is 5.32. The minimum atomic E-state index is -4.81. The molecule has 2 aliphatic rings. The summed E-state index contributed by atoms with van der Waals surface area (Å²) in [6, 6.07) is 3.05. The standard InChI is InChI=1S/C19H23F4NO3/c1-13(25)10-14-4-5-18(26-12-14)6-8-24(9-7-18)17-11-15(2-3-16(17)20)27-19(21,22)23/h2-3,11,14,25H,1,4-10,12H2. The second-order valence-electron chi connectivity index (χ2n) is 7.32. The first-order valence-corrected chi connectivity index (χ1v) is 8.97. The highest BCUT2D eigenvalue weighted by atomic mass is 19.4. The van der Waals surface area contributed by atoms with E-state index in [1.807, 2.05) is 0 Å². The van der Waals surface area contributed by atoms with Crippen molar-refractivity contribution in [2.24, 2.45) is 5.92 Å². The third-order valence-corrected chi connectivity index (χ3v) is 5.32. The zero-order chi connectivity index (χ0) is 19.7. The fourth-order valence-corrected chi connectivity index (χ4v) is 3.89. The lowest BCUT2D eigenvalue weighted by Gasteiger charge is -2.46. The number of aliphatic hydroxyl groups is 1. The molecule has 2 fully saturated rings. The first-order chi connectivity index (χ1) is 12.7. The van der Waals surface area contributed by atoms with E-state index >= 15 is 0 Å². The molecule has 1 spiro atoms. The van der Waals surface area contributed by atoms with E-state index < -0.39 is 17.9 Å². The maximum Gasteiger partial charge on any atom is 0.573 e. The quantitative estimate of drug-likeness (QED) is 0.584. The molecule has 1 unspecified atom stereocenters. The van der Waals surface area contributed by atoms with Crippen LogP contribution in [0, 0.1) is 11.7 Å². The van der Waals surface area contributed by atoms with Crippen molar-refractivity contribution in [2.75, 3.05) is 24.6 Å². The summed E-state index contributed by atoms with van der Waals surface area (Å²) in [5, 5.41) is 9.31. The van der Waals surface area contributed by atoms with Crippen molar-refractivity contribution in [1.29, 1.82) is 0 Å². The Balaban J connectivity index is 1.61. The second-order valence-corrected chi connectivity index (χ2v) is 7.32. The lowest BCUT2D eigenvalue weighted by atomic mass is 9.81. The van der Waals surface area contributed by atoms with Crippen LogP contribution in [0.3, 0.4) is 0 Å². The van der Waals surface area contributed by atoms with Crippen LogP contribution in [0.1, 0.15) is 32.1 Å². The number of hydrogen-bond acceptors (Lipinski definition) is 4. The van der Waals surface area contributed by atoms with E-state index in [-0.39, 0.29) is 23.0 Å². The Morgan fingerprint density at radius 2 is 2.00 bits per heavy atom. The van der Waals surface area contributed by atoms with Crippen molar-refractivity contribution in [1.82, 2.24) is 0 Å². The average molecular weight is 389 g/mol. The van der Waals surface area contributed by atoms with E-state index in [2.05, 4.69) is 11.3 Å². The van der Waals surface area contributed by atoms with Crippen molar-refractivity contribution in [2.45, 2.75) is 44.1 Å². The summed E-state index contributed by atoms with van der Waals surface area (Å²) in [5.74, 6) is -0.600. The number of nitrogens with zero attached hydrogens (tertiary/aromatic N) is 1. The Morgan fingerprint density at radius 3 is 2.56 bits per heavy atom. The van der Waals surface area contributed by atoms with Crippen molar-refractivity contribution in [3.05, 3.63) is 36.4 Å². The third kappa shape index (κ3) is 5.06. The van der Waals surface area contributed by atoms with Gasteiger partial charge in [0.2, 0.25) is 0 Å². The van der Waals surface area contributed by atoms with Gasteiger partial charge in [0.15, 0.2) is 0 Å². The molecule has 8 heteroatoms. The molecule has 0 bridgehead atoms. The average Bonchev–Trinajstić information content (AvgIpc) is 2.58. The molecule has 4 nitrogen and oxygen atoms in total. The lowest BCUT2D eigenvalue weighted by Crippen LogP contribution is -2.49. The molecule has 1 aromatic carbocycles. The van der Waals surface area contributed by atoms with Gasteiger partial charge in [0.1, 0.15) is 11.6 Å². The lowest BCUT2D eigenvalue weighted by molar-refractivity contribution is -0.274. The largest absolute Gasteiger partial charge is 0.573 e. The van der Waals surface area contributed by atoms with Crippen molar-refractivity contribution >= 4 is 5.69 Å². The molecular weight excluding hydrogens is 366 g/mol. The molecule has 0 saturated carbocycles. The molecule has 0 aliphatic carbocycles. The maximum absolute atomic E-state index is 14.2. The molecule has 2 saturated heterocycles. The van der Waals surface area contributed by atoms with Gasteiger partial charge in [0, 0.05) is 25.6 Å². The summed E-state index contributed by atoms with van der Waals surface area (Å²) in [6.07, 6.45) is -1.18. The van der Waals surface area contributed by atoms with Crippen molar-refractivity contribution in [3.63, 3.8) is 0 Å². The van der Waals surface area contributed by atoms with Gasteiger partial charge < -0.3 is 19.5 Å². The van der Waals surface area contributed by atoms with Gasteiger partial charge in [0.25, 0.3) is 0 Å². The summed E-state index contributed by atoms with van der Waals surface area (Å²) in [4.78, 5) is 1.73. The predicted molar refractivity (Wildman–Crippen MR) is 92.3 cm³/mol. The topological polar surface area (TPSA) is 41.9 Å². The first kappa shape index (κ1) is 19.8. The van der Waals surface area contributed by atoms with E-state index in [9.17, 15) is 22.7 Å². The SMILES string of the molecule is C=C(O)CC1CCC2(CCN(c3cc(OC(F)(F)F)ccc3F)CC2)OC1. The van der Waals surface area contributed by atoms with E-state index in [1.54, 1.807) is 4.90 Å². The zero-order valence-electron chi connectivity index (χ0n) is 14.9. The molecule has 3 rings (SSSR count). The van der Waals surface area contributed by atoms with Crippen LogP contribution in [0.2, 0.25) is 0 Å². The van der Waals surface area contributed by atoms with Crippen LogP contribution in [-0.2, 0) is 4.74 Å². The number of alkyl halides is 3. The Kier molecular flexibility index (Phi) is 5.55. The summed E-state index contributed by atoms with van der Waals surface area (Å²) >= 11 is 0. The number of anilines is 1. The first-order valence-electron chi connectivity index (χ1n) is 8.97. The van der Waals surface area contributed by atoms with Gasteiger partial charge in [-0.1, -0.05) is 6.58 Å². The monoisotopic (exact) mass is 389 g/mol. The molecular formula is C19H23F4NO3. The van der Waals surface area contributed by atoms with E-state index in [4.69, 9.17) is 4.74 Å².